The summed E-state index contributed by atoms with van der Waals surface area (Å²) in [5.74, 6) is 1.15. The van der Waals surface area contributed by atoms with E-state index in [4.69, 9.17) is 14.8 Å². The van der Waals surface area contributed by atoms with Crippen LogP contribution in [0.3, 0.4) is 0 Å². The second-order valence-corrected chi connectivity index (χ2v) is 9.76. The van der Waals surface area contributed by atoms with Crippen molar-refractivity contribution >= 4 is 27.9 Å². The third-order valence-corrected chi connectivity index (χ3v) is 7.32. The number of ether oxygens (including phenoxy) is 1. The van der Waals surface area contributed by atoms with Crippen LogP contribution >= 0.6 is 0 Å². The Balaban J connectivity index is 1.46. The van der Waals surface area contributed by atoms with Gasteiger partial charge in [0, 0.05) is 17.0 Å². The van der Waals surface area contributed by atoms with Gasteiger partial charge in [0.05, 0.1) is 17.1 Å². The molecule has 0 amide bonds. The first-order valence-electron chi connectivity index (χ1n) is 13.1. The van der Waals surface area contributed by atoms with E-state index in [9.17, 15) is 9.18 Å². The summed E-state index contributed by atoms with van der Waals surface area (Å²) in [6, 6.07) is 25.8. The Bertz CT molecular complexity index is 1700. The molecule has 0 bridgehead atoms. The lowest BCUT2D eigenvalue weighted by atomic mass is 9.88. The van der Waals surface area contributed by atoms with Gasteiger partial charge in [-0.3, -0.25) is 4.79 Å². The summed E-state index contributed by atoms with van der Waals surface area (Å²) in [7, 11) is 0. The molecule has 0 spiro atoms. The van der Waals surface area contributed by atoms with E-state index < -0.39 is 0 Å². The van der Waals surface area contributed by atoms with E-state index >= 15 is 0 Å². The molecule has 0 saturated heterocycles. The first-order valence-corrected chi connectivity index (χ1v) is 13.1. The summed E-state index contributed by atoms with van der Waals surface area (Å²) < 4.78 is 21.8. The first kappa shape index (κ1) is 24.0. The van der Waals surface area contributed by atoms with Crippen molar-refractivity contribution in [2.75, 3.05) is 0 Å². The molecule has 1 fully saturated rings. The van der Waals surface area contributed by atoms with Crippen molar-refractivity contribution < 1.29 is 9.13 Å². The van der Waals surface area contributed by atoms with Gasteiger partial charge in [-0.15, -0.1) is 0 Å². The zero-order valence-corrected chi connectivity index (χ0v) is 21.0. The van der Waals surface area contributed by atoms with Crippen LogP contribution in [0.2, 0.25) is 0 Å². The van der Waals surface area contributed by atoms with Crippen LogP contribution in [0, 0.1) is 5.82 Å². The molecular formula is C32H28FN3O2. The van der Waals surface area contributed by atoms with Crippen molar-refractivity contribution in [2.24, 2.45) is 5.10 Å². The topological polar surface area (TPSA) is 56.5 Å². The normalized spacial score (nSPS) is 14.4. The number of halogens is 1. The summed E-state index contributed by atoms with van der Waals surface area (Å²) in [5, 5.41) is 7.24. The molecule has 1 saturated carbocycles. The monoisotopic (exact) mass is 505 g/mol. The van der Waals surface area contributed by atoms with Crippen LogP contribution in [0.15, 0.2) is 94.8 Å². The van der Waals surface area contributed by atoms with Gasteiger partial charge in [-0.1, -0.05) is 79.9 Å². The van der Waals surface area contributed by atoms with Crippen molar-refractivity contribution in [3.05, 3.63) is 118 Å². The van der Waals surface area contributed by atoms with Gasteiger partial charge in [0.25, 0.3) is 5.56 Å². The van der Waals surface area contributed by atoms with Crippen molar-refractivity contribution in [3.8, 4) is 5.75 Å². The van der Waals surface area contributed by atoms with Crippen LogP contribution in [0.4, 0.5) is 4.39 Å². The molecule has 1 aliphatic rings. The molecule has 0 radical (unpaired) electrons. The number of fused-ring (bicyclic) bond motifs is 2. The Morgan fingerprint density at radius 3 is 2.47 bits per heavy atom. The van der Waals surface area contributed by atoms with E-state index in [-0.39, 0.29) is 23.9 Å². The molecule has 1 aromatic heterocycles. The quantitative estimate of drug-likeness (QED) is 0.229. The summed E-state index contributed by atoms with van der Waals surface area (Å²) in [6.45, 7) is 0.0800. The molecule has 5 nitrogen and oxygen atoms in total. The molecule has 38 heavy (non-hydrogen) atoms. The lowest BCUT2D eigenvalue weighted by Crippen LogP contribution is -2.25. The fourth-order valence-corrected chi connectivity index (χ4v) is 5.30. The van der Waals surface area contributed by atoms with Crippen LogP contribution < -0.4 is 10.3 Å². The maximum Gasteiger partial charge on any atom is 0.282 e. The number of para-hydroxylation sites is 1. The van der Waals surface area contributed by atoms with Crippen molar-refractivity contribution in [1.82, 2.24) is 9.66 Å². The number of benzene rings is 4. The minimum Gasteiger partial charge on any atom is -0.488 e. The Labute approximate surface area is 220 Å². The summed E-state index contributed by atoms with van der Waals surface area (Å²) >= 11 is 0. The Morgan fingerprint density at radius 1 is 0.895 bits per heavy atom. The SMILES string of the molecule is O=c1c2ccccc2nc(C2CCCCC2)n1N=Cc1c(OCc2ccccc2F)ccc2ccccc12. The minimum absolute atomic E-state index is 0.0800. The van der Waals surface area contributed by atoms with Crippen LogP contribution in [-0.4, -0.2) is 15.9 Å². The van der Waals surface area contributed by atoms with Crippen molar-refractivity contribution in [1.29, 1.82) is 0 Å². The van der Waals surface area contributed by atoms with E-state index in [2.05, 4.69) is 0 Å². The lowest BCUT2D eigenvalue weighted by Gasteiger charge is -2.22. The summed E-state index contributed by atoms with van der Waals surface area (Å²) in [6.07, 6.45) is 7.11. The molecular weight excluding hydrogens is 477 g/mol. The van der Waals surface area contributed by atoms with E-state index in [1.165, 1.54) is 17.2 Å². The van der Waals surface area contributed by atoms with E-state index in [1.807, 2.05) is 54.6 Å². The number of rotatable bonds is 6. The predicted molar refractivity (Wildman–Crippen MR) is 150 cm³/mol. The molecule has 0 unspecified atom stereocenters. The van der Waals surface area contributed by atoms with Crippen LogP contribution in [0.1, 0.15) is 55.0 Å². The van der Waals surface area contributed by atoms with Crippen LogP contribution in [-0.2, 0) is 6.61 Å². The van der Waals surface area contributed by atoms with Crippen LogP contribution in [0.5, 0.6) is 5.75 Å². The maximum atomic E-state index is 14.3. The van der Waals surface area contributed by atoms with Gasteiger partial charge in [-0.2, -0.15) is 9.78 Å². The molecule has 1 heterocycles. The molecule has 1 aliphatic carbocycles. The largest absolute Gasteiger partial charge is 0.488 e. The predicted octanol–water partition coefficient (Wildman–Crippen LogP) is 7.20. The van der Waals surface area contributed by atoms with Crippen molar-refractivity contribution in [2.45, 2.75) is 44.6 Å². The zero-order chi connectivity index (χ0) is 25.9. The first-order chi connectivity index (χ1) is 18.7. The Kier molecular flexibility index (Phi) is 6.69. The summed E-state index contributed by atoms with van der Waals surface area (Å²) in [5.41, 5.74) is 1.72. The molecule has 0 atom stereocenters. The summed E-state index contributed by atoms with van der Waals surface area (Å²) in [4.78, 5) is 18.6. The van der Waals surface area contributed by atoms with E-state index in [1.54, 1.807) is 30.5 Å². The van der Waals surface area contributed by atoms with Crippen LogP contribution in [0.25, 0.3) is 21.7 Å². The van der Waals surface area contributed by atoms with Crippen molar-refractivity contribution in [3.63, 3.8) is 0 Å². The highest BCUT2D eigenvalue weighted by atomic mass is 19.1. The fourth-order valence-electron chi connectivity index (χ4n) is 5.30. The highest BCUT2D eigenvalue weighted by Gasteiger charge is 2.22. The lowest BCUT2D eigenvalue weighted by molar-refractivity contribution is 0.300. The highest BCUT2D eigenvalue weighted by molar-refractivity contribution is 6.02. The molecule has 0 aliphatic heterocycles. The second kappa shape index (κ2) is 10.6. The number of hydrogen-bond donors (Lipinski definition) is 0. The van der Waals surface area contributed by atoms with Gasteiger partial charge in [0.2, 0.25) is 0 Å². The van der Waals surface area contributed by atoms with E-state index in [0.717, 1.165) is 42.0 Å². The van der Waals surface area contributed by atoms with Gasteiger partial charge in [-0.25, -0.2) is 9.37 Å². The minimum atomic E-state index is -0.311. The number of nitrogens with zero attached hydrogens (tertiary/aromatic N) is 3. The fraction of sp³-hybridized carbons (Fsp3) is 0.219. The third-order valence-electron chi connectivity index (χ3n) is 7.32. The second-order valence-electron chi connectivity index (χ2n) is 9.76. The average Bonchev–Trinajstić information content (AvgIpc) is 2.97. The average molecular weight is 506 g/mol. The Morgan fingerprint density at radius 2 is 1.63 bits per heavy atom. The third kappa shape index (κ3) is 4.70. The van der Waals surface area contributed by atoms with Gasteiger partial charge >= 0.3 is 0 Å². The van der Waals surface area contributed by atoms with Gasteiger partial charge in [-0.05, 0) is 47.9 Å². The molecule has 5 aromatic rings. The standard InChI is InChI=1S/C32H28FN3O2/c33-28-16-8-5-13-24(28)21-38-30-19-18-22-10-4-6-14-25(22)27(30)20-34-36-31(23-11-2-1-3-12-23)35-29-17-9-7-15-26(29)32(36)37/h4-10,13-20,23H,1-3,11-12,21H2. The zero-order valence-electron chi connectivity index (χ0n) is 21.0. The number of aromatic nitrogens is 2. The van der Waals surface area contributed by atoms with Gasteiger partial charge in [0.15, 0.2) is 0 Å². The smallest absolute Gasteiger partial charge is 0.282 e. The number of hydrogen-bond acceptors (Lipinski definition) is 4. The Hall–Kier alpha value is -4.32. The molecule has 4 aromatic carbocycles. The molecule has 6 rings (SSSR count). The molecule has 190 valence electrons. The molecule has 0 N–H and O–H groups in total. The van der Waals surface area contributed by atoms with Gasteiger partial charge < -0.3 is 4.74 Å². The molecule has 6 heteroatoms. The maximum absolute atomic E-state index is 14.3. The van der Waals surface area contributed by atoms with Gasteiger partial charge in [0.1, 0.15) is 24.0 Å². The highest BCUT2D eigenvalue weighted by Crippen LogP contribution is 2.32. The van der Waals surface area contributed by atoms with E-state index in [0.29, 0.717) is 28.0 Å².